The molecule has 1 aromatic carbocycles. The van der Waals surface area contributed by atoms with Gasteiger partial charge in [0.1, 0.15) is 0 Å². The van der Waals surface area contributed by atoms with E-state index in [1.165, 1.54) is 17.5 Å². The zero-order valence-corrected chi connectivity index (χ0v) is 13.4. The van der Waals surface area contributed by atoms with Crippen molar-refractivity contribution >= 4 is 0 Å². The fraction of sp³-hybridized carbons (Fsp3) is 0.556. The van der Waals surface area contributed by atoms with Crippen LogP contribution in [0, 0.1) is 0 Å². The molecule has 0 aliphatic carbocycles. The second-order valence-electron chi connectivity index (χ2n) is 5.63. The van der Waals surface area contributed by atoms with Crippen LogP contribution >= 0.6 is 0 Å². The first-order chi connectivity index (χ1) is 9.67. The number of nitrogens with one attached hydrogen (secondary N) is 1. The maximum Gasteiger partial charge on any atom is 0.0239 e. The molecular weight excluding hydrogens is 244 g/mol. The first kappa shape index (κ1) is 16.9. The average molecular weight is 274 g/mol. The highest BCUT2D eigenvalue weighted by molar-refractivity contribution is 5.22. The van der Waals surface area contributed by atoms with Crippen LogP contribution in [-0.2, 0) is 13.0 Å². The molecule has 0 saturated heterocycles. The molecule has 0 atom stereocenters. The lowest BCUT2D eigenvalue weighted by molar-refractivity contribution is 0.237. The van der Waals surface area contributed by atoms with E-state index in [0.29, 0.717) is 6.04 Å². The molecular formula is C18H30N2. The number of nitrogens with zero attached hydrogens (tertiary/aromatic N) is 1. The molecule has 1 N–H and O–H groups in total. The number of benzene rings is 1. The van der Waals surface area contributed by atoms with Gasteiger partial charge >= 0.3 is 0 Å². The molecule has 0 aliphatic rings. The SMILES string of the molecule is C=CCN(Cc1ccc(CCNCCC)cc1)C(C)C. The van der Waals surface area contributed by atoms with Crippen LogP contribution in [0.25, 0.3) is 0 Å². The van der Waals surface area contributed by atoms with Crippen LogP contribution in [-0.4, -0.2) is 30.6 Å². The minimum absolute atomic E-state index is 0.547. The minimum Gasteiger partial charge on any atom is -0.316 e. The summed E-state index contributed by atoms with van der Waals surface area (Å²) in [6.45, 7) is 14.6. The Bertz CT molecular complexity index is 368. The van der Waals surface area contributed by atoms with Gasteiger partial charge in [-0.3, -0.25) is 4.90 Å². The third-order valence-corrected chi connectivity index (χ3v) is 3.52. The standard InChI is InChI=1S/C18H30N2/c1-5-12-19-13-11-17-7-9-18(10-8-17)15-20(14-6-2)16(3)4/h6-10,16,19H,2,5,11-15H2,1,3-4H3. The predicted molar refractivity (Wildman–Crippen MR) is 89.0 cm³/mol. The van der Waals surface area contributed by atoms with Crippen LogP contribution in [0.5, 0.6) is 0 Å². The van der Waals surface area contributed by atoms with Crippen molar-refractivity contribution in [1.82, 2.24) is 10.2 Å². The normalized spacial score (nSPS) is 11.2. The molecule has 1 rings (SSSR count). The fourth-order valence-corrected chi connectivity index (χ4v) is 2.20. The van der Waals surface area contributed by atoms with Crippen molar-refractivity contribution in [3.05, 3.63) is 48.0 Å². The highest BCUT2D eigenvalue weighted by Gasteiger charge is 2.08. The van der Waals surface area contributed by atoms with Gasteiger partial charge in [0.15, 0.2) is 0 Å². The largest absolute Gasteiger partial charge is 0.316 e. The second-order valence-corrected chi connectivity index (χ2v) is 5.63. The van der Waals surface area contributed by atoms with Gasteiger partial charge in [-0.05, 0) is 50.9 Å². The Kier molecular flexibility index (Phi) is 8.24. The minimum atomic E-state index is 0.547. The van der Waals surface area contributed by atoms with E-state index in [9.17, 15) is 0 Å². The highest BCUT2D eigenvalue weighted by atomic mass is 15.1. The smallest absolute Gasteiger partial charge is 0.0239 e. The molecule has 0 heterocycles. The molecule has 0 aliphatic heterocycles. The Hall–Kier alpha value is -1.12. The Labute approximate surface area is 124 Å². The summed E-state index contributed by atoms with van der Waals surface area (Å²) < 4.78 is 0. The van der Waals surface area contributed by atoms with Crippen LogP contribution in [0.1, 0.15) is 38.3 Å². The average Bonchev–Trinajstić information content (AvgIpc) is 2.44. The molecule has 0 bridgehead atoms. The monoisotopic (exact) mass is 274 g/mol. The van der Waals surface area contributed by atoms with Gasteiger partial charge in [0, 0.05) is 19.1 Å². The molecule has 0 saturated carbocycles. The molecule has 0 fully saturated rings. The van der Waals surface area contributed by atoms with Gasteiger partial charge in [-0.15, -0.1) is 6.58 Å². The first-order valence-corrected chi connectivity index (χ1v) is 7.80. The summed E-state index contributed by atoms with van der Waals surface area (Å²) in [4.78, 5) is 2.42. The zero-order chi connectivity index (χ0) is 14.8. The van der Waals surface area contributed by atoms with Crippen molar-refractivity contribution in [3.8, 4) is 0 Å². The highest BCUT2D eigenvalue weighted by Crippen LogP contribution is 2.10. The van der Waals surface area contributed by atoms with Crippen LogP contribution in [0.2, 0.25) is 0 Å². The summed E-state index contributed by atoms with van der Waals surface area (Å²) in [7, 11) is 0. The van der Waals surface area contributed by atoms with Gasteiger partial charge in [-0.25, -0.2) is 0 Å². The van der Waals surface area contributed by atoms with Gasteiger partial charge in [0.25, 0.3) is 0 Å². The van der Waals surface area contributed by atoms with E-state index in [-0.39, 0.29) is 0 Å². The molecule has 1 aromatic rings. The molecule has 0 aromatic heterocycles. The van der Waals surface area contributed by atoms with Gasteiger partial charge in [0.05, 0.1) is 0 Å². The maximum atomic E-state index is 3.84. The lowest BCUT2D eigenvalue weighted by atomic mass is 10.1. The molecule has 0 spiro atoms. The number of hydrogen-bond acceptors (Lipinski definition) is 2. The van der Waals surface area contributed by atoms with E-state index in [2.05, 4.69) is 61.8 Å². The Morgan fingerprint density at radius 1 is 1.15 bits per heavy atom. The van der Waals surface area contributed by atoms with E-state index in [1.54, 1.807) is 0 Å². The summed E-state index contributed by atoms with van der Waals surface area (Å²) >= 11 is 0. The second kappa shape index (κ2) is 9.73. The predicted octanol–water partition coefficient (Wildman–Crippen LogP) is 3.63. The Morgan fingerprint density at radius 3 is 2.35 bits per heavy atom. The van der Waals surface area contributed by atoms with Crippen LogP contribution < -0.4 is 5.32 Å². The quantitative estimate of drug-likeness (QED) is 0.518. The third-order valence-electron chi connectivity index (χ3n) is 3.52. The number of hydrogen-bond donors (Lipinski definition) is 1. The first-order valence-electron chi connectivity index (χ1n) is 7.80. The van der Waals surface area contributed by atoms with Gasteiger partial charge < -0.3 is 5.32 Å². The summed E-state index contributed by atoms with van der Waals surface area (Å²) in [5.41, 5.74) is 2.79. The molecule has 0 amide bonds. The van der Waals surface area contributed by atoms with Crippen LogP contribution in [0.15, 0.2) is 36.9 Å². The Balaban J connectivity index is 2.46. The summed E-state index contributed by atoms with van der Waals surface area (Å²) in [5, 5.41) is 3.44. The zero-order valence-electron chi connectivity index (χ0n) is 13.4. The molecule has 2 heteroatoms. The lowest BCUT2D eigenvalue weighted by Gasteiger charge is -2.25. The molecule has 20 heavy (non-hydrogen) atoms. The van der Waals surface area contributed by atoms with Crippen molar-refractivity contribution in [1.29, 1.82) is 0 Å². The summed E-state index contributed by atoms with van der Waals surface area (Å²) in [6.07, 6.45) is 4.29. The molecule has 2 nitrogen and oxygen atoms in total. The van der Waals surface area contributed by atoms with E-state index >= 15 is 0 Å². The lowest BCUT2D eigenvalue weighted by Crippen LogP contribution is -2.30. The molecule has 0 unspecified atom stereocenters. The van der Waals surface area contributed by atoms with E-state index in [4.69, 9.17) is 0 Å². The van der Waals surface area contributed by atoms with Crippen molar-refractivity contribution in [2.45, 2.75) is 46.2 Å². The van der Waals surface area contributed by atoms with Gasteiger partial charge in [-0.2, -0.15) is 0 Å². The van der Waals surface area contributed by atoms with Gasteiger partial charge in [-0.1, -0.05) is 37.3 Å². The van der Waals surface area contributed by atoms with Crippen molar-refractivity contribution in [3.63, 3.8) is 0 Å². The summed E-state index contributed by atoms with van der Waals surface area (Å²) in [6, 6.07) is 9.58. The Morgan fingerprint density at radius 2 is 1.80 bits per heavy atom. The third kappa shape index (κ3) is 6.36. The van der Waals surface area contributed by atoms with Gasteiger partial charge in [0.2, 0.25) is 0 Å². The fourth-order valence-electron chi connectivity index (χ4n) is 2.20. The van der Waals surface area contributed by atoms with Crippen molar-refractivity contribution < 1.29 is 0 Å². The van der Waals surface area contributed by atoms with Crippen LogP contribution in [0.3, 0.4) is 0 Å². The topological polar surface area (TPSA) is 15.3 Å². The maximum absolute atomic E-state index is 3.84. The van der Waals surface area contributed by atoms with Crippen molar-refractivity contribution in [2.75, 3.05) is 19.6 Å². The summed E-state index contributed by atoms with van der Waals surface area (Å²) in [5.74, 6) is 0. The van der Waals surface area contributed by atoms with E-state index < -0.39 is 0 Å². The van der Waals surface area contributed by atoms with Crippen LogP contribution in [0.4, 0.5) is 0 Å². The molecule has 0 radical (unpaired) electrons. The number of rotatable bonds is 10. The van der Waals surface area contributed by atoms with Crippen molar-refractivity contribution in [2.24, 2.45) is 0 Å². The van der Waals surface area contributed by atoms with E-state index in [0.717, 1.165) is 32.6 Å². The van der Waals surface area contributed by atoms with E-state index in [1.807, 2.05) is 6.08 Å². The molecule has 112 valence electrons.